The first-order chi connectivity index (χ1) is 55.3. The van der Waals surface area contributed by atoms with Crippen molar-refractivity contribution in [1.29, 1.82) is 0 Å². The van der Waals surface area contributed by atoms with Crippen LogP contribution in [0.15, 0.2) is 410 Å². The van der Waals surface area contributed by atoms with Gasteiger partial charge in [0.1, 0.15) is 0 Å². The van der Waals surface area contributed by atoms with Crippen LogP contribution in [0.2, 0.25) is 0 Å². The zero-order valence-corrected chi connectivity index (χ0v) is 67.4. The molecule has 0 saturated heterocycles. The predicted octanol–water partition coefficient (Wildman–Crippen LogP) is 26.6. The molecular weight excluding hydrogens is 1580 g/mol. The van der Waals surface area contributed by atoms with Gasteiger partial charge in [0, 0.05) is 77.7 Å². The Morgan fingerprint density at radius 1 is 0.188 bits per heavy atom. The third-order valence-electron chi connectivity index (χ3n) is 18.6. The molecule has 0 saturated carbocycles. The maximum absolute atomic E-state index is 5.21. The maximum Gasteiger partial charge on any atom is 0.164 e. The number of benzene rings is 13. The van der Waals surface area contributed by atoms with Crippen molar-refractivity contribution in [2.24, 2.45) is 0 Å². The zero-order valence-electron chi connectivity index (χ0n) is 60.5. The minimum absolute atomic E-state index is 0.590. The summed E-state index contributed by atoms with van der Waals surface area (Å²) in [4.78, 5) is 43.6. The molecule has 13 aromatic carbocycles. The van der Waals surface area contributed by atoms with Crippen LogP contribution in [0, 0.1) is 6.07 Å². The summed E-state index contributed by atoms with van der Waals surface area (Å²) < 4.78 is 1.90. The number of hydrogen-bond acceptors (Lipinski definition) is 9. The van der Waals surface area contributed by atoms with Crippen LogP contribution in [0.3, 0.4) is 0 Å². The van der Waals surface area contributed by atoms with Gasteiger partial charge in [0.05, 0.1) is 11.4 Å². The molecular formula is C99H66Br2ClN9Zn. The molecule has 18 rings (SSSR count). The van der Waals surface area contributed by atoms with Gasteiger partial charge in [-0.15, -0.1) is 5.56 Å². The first-order valence-electron chi connectivity index (χ1n) is 36.2. The molecule has 0 aliphatic rings. The molecule has 0 fully saturated rings. The minimum Gasteiger partial charge on any atom is -0.258 e. The molecule has 5 heterocycles. The molecule has 112 heavy (non-hydrogen) atoms. The summed E-state index contributed by atoms with van der Waals surface area (Å²) in [7, 11) is 4.76. The summed E-state index contributed by atoms with van der Waals surface area (Å²) in [5.41, 5.74) is 25.1. The minimum atomic E-state index is 0.590. The van der Waals surface area contributed by atoms with Crippen LogP contribution in [0.25, 0.3) is 169 Å². The van der Waals surface area contributed by atoms with E-state index in [1.807, 2.05) is 158 Å². The van der Waals surface area contributed by atoms with Gasteiger partial charge in [-0.25, -0.2) is 29.9 Å². The fourth-order valence-corrected chi connectivity index (χ4v) is 14.2. The summed E-state index contributed by atoms with van der Waals surface area (Å²) >= 11 is 8.04. The van der Waals surface area contributed by atoms with Crippen molar-refractivity contribution in [1.82, 2.24) is 44.9 Å². The van der Waals surface area contributed by atoms with Gasteiger partial charge in [0.25, 0.3) is 0 Å². The van der Waals surface area contributed by atoms with Crippen LogP contribution in [-0.2, 0) is 17.3 Å². The molecule has 9 nitrogen and oxygen atoms in total. The van der Waals surface area contributed by atoms with E-state index in [0.29, 0.717) is 34.9 Å². The number of aromatic nitrogens is 9. The van der Waals surface area contributed by atoms with E-state index in [1.54, 1.807) is 6.20 Å². The van der Waals surface area contributed by atoms with Gasteiger partial charge >= 0.3 is 27.0 Å². The molecule has 530 valence electrons. The van der Waals surface area contributed by atoms with Gasteiger partial charge in [-0.2, -0.15) is 30.3 Å². The van der Waals surface area contributed by atoms with Crippen LogP contribution >= 0.6 is 41.6 Å². The van der Waals surface area contributed by atoms with Crippen molar-refractivity contribution < 1.29 is 17.3 Å². The molecule has 0 amide bonds. The van der Waals surface area contributed by atoms with Gasteiger partial charge in [-0.3, -0.25) is 15.0 Å². The Hall–Kier alpha value is -12.8. The molecule has 0 aliphatic heterocycles. The SMILES string of the molecule is Brc1cc(Br)cc(-c2nc(-c3ccc(-c4ccccc4)cc3)nc(-c3ccc(-c4ccccc4)cc3)n2)c1.[Cl][Zn+].[c-]1ccc(-c2ccccn2)cc1.c1ccc(-c2ccc(-c3nc(-c4ccc(-c5ccccc5)cc4)nc(-c4cc(-c5ccc(-c6ccccn6)cc5)cc(-c5ccc(-c6ccccn6)cc5)c4)n3)cc2)cc1. The van der Waals surface area contributed by atoms with Crippen molar-refractivity contribution in [2.45, 2.75) is 0 Å². The zero-order chi connectivity index (χ0) is 76.2. The molecule has 0 radical (unpaired) electrons. The molecule has 13 heteroatoms. The van der Waals surface area contributed by atoms with Crippen LogP contribution in [0.4, 0.5) is 0 Å². The standard InChI is InChI=1S/C55H37N5.C33H21Br2N3.C11H8N.ClH.Zn/c1-3-11-38(12-4-1)40-21-29-46(30-22-40)53-58-54(47-31-23-41(24-32-47)39-13-5-2-6-14-39)60-55(59-53)50-36-48(42-17-25-44(26-18-42)51-15-7-9-33-56-51)35-49(37-50)43-19-27-45(28-20-43)52-16-8-10-34-57-52;34-29-19-28(20-30(35)21-29)33-37-31(26-15-11-24(12-16-26)22-7-3-1-4-8-22)36-32(38-33)27-17-13-25(14-18-27)23-9-5-2-6-10-23;1-2-6-10(7-3-1)11-8-4-5-9-12-11;;/h1-37H;1-21H;2-9H;1H;/q;;-1;;+2/p-1. The Labute approximate surface area is 682 Å². The van der Waals surface area contributed by atoms with Crippen molar-refractivity contribution >= 4 is 41.6 Å². The van der Waals surface area contributed by atoms with Gasteiger partial charge in [0.2, 0.25) is 0 Å². The van der Waals surface area contributed by atoms with Crippen molar-refractivity contribution in [2.75, 3.05) is 0 Å². The Morgan fingerprint density at radius 3 is 0.661 bits per heavy atom. The van der Waals surface area contributed by atoms with E-state index in [1.165, 1.54) is 11.1 Å². The smallest absolute Gasteiger partial charge is 0.164 e. The van der Waals surface area contributed by atoms with E-state index < -0.39 is 0 Å². The van der Waals surface area contributed by atoms with E-state index in [0.717, 1.165) is 149 Å². The van der Waals surface area contributed by atoms with Gasteiger partial charge in [0.15, 0.2) is 34.9 Å². The second kappa shape index (κ2) is 36.6. The van der Waals surface area contributed by atoms with Crippen LogP contribution in [0.5, 0.6) is 0 Å². The molecule has 18 aromatic rings. The van der Waals surface area contributed by atoms with Gasteiger partial charge < -0.3 is 0 Å². The van der Waals surface area contributed by atoms with E-state index in [2.05, 4.69) is 289 Å². The number of rotatable bonds is 15. The van der Waals surface area contributed by atoms with E-state index in [-0.39, 0.29) is 0 Å². The predicted molar refractivity (Wildman–Crippen MR) is 461 cm³/mol. The summed E-state index contributed by atoms with van der Waals surface area (Å²) in [5, 5.41) is 0. The van der Waals surface area contributed by atoms with Gasteiger partial charge in [-0.1, -0.05) is 317 Å². The number of pyridine rings is 3. The largest absolute Gasteiger partial charge is 0.258 e. The van der Waals surface area contributed by atoms with E-state index in [9.17, 15) is 0 Å². The summed E-state index contributed by atoms with van der Waals surface area (Å²) in [6, 6.07) is 133. The fourth-order valence-electron chi connectivity index (χ4n) is 12.9. The molecule has 5 aromatic heterocycles. The topological polar surface area (TPSA) is 116 Å². The molecule has 0 N–H and O–H groups in total. The quantitative estimate of drug-likeness (QED) is 0.0731. The third-order valence-corrected chi connectivity index (χ3v) is 19.5. The van der Waals surface area contributed by atoms with Crippen molar-refractivity contribution in [3.05, 3.63) is 416 Å². The van der Waals surface area contributed by atoms with Gasteiger partial charge in [-0.05, 0) is 140 Å². The Balaban J connectivity index is 0.000000161. The Bertz CT molecular complexity index is 5510. The molecule has 0 bridgehead atoms. The van der Waals surface area contributed by atoms with E-state index >= 15 is 0 Å². The van der Waals surface area contributed by atoms with Crippen LogP contribution < -0.4 is 0 Å². The summed E-state index contributed by atoms with van der Waals surface area (Å²) in [6.45, 7) is 0. The monoisotopic (exact) mass is 1640 g/mol. The summed E-state index contributed by atoms with van der Waals surface area (Å²) in [6.07, 6.45) is 5.45. The van der Waals surface area contributed by atoms with Crippen molar-refractivity contribution in [3.8, 4) is 169 Å². The third kappa shape index (κ3) is 18.7. The Kier molecular flexibility index (Phi) is 24.4. The first-order valence-corrected chi connectivity index (χ1v) is 41.7. The molecule has 0 spiro atoms. The first kappa shape index (κ1) is 74.7. The van der Waals surface area contributed by atoms with Crippen molar-refractivity contribution in [3.63, 3.8) is 0 Å². The fraction of sp³-hybridized carbons (Fsp3) is 0. The van der Waals surface area contributed by atoms with Crippen LogP contribution in [0.1, 0.15) is 0 Å². The summed E-state index contributed by atoms with van der Waals surface area (Å²) in [5.74, 6) is 3.68. The maximum atomic E-state index is 5.21. The second-order valence-corrected chi connectivity index (χ2v) is 27.8. The number of nitrogens with zero attached hydrogens (tertiary/aromatic N) is 9. The second-order valence-electron chi connectivity index (χ2n) is 25.9. The normalized spacial score (nSPS) is 10.7. The number of halogens is 3. The number of hydrogen-bond donors (Lipinski definition) is 0. The Morgan fingerprint density at radius 2 is 0.393 bits per heavy atom. The average molecular weight is 1640 g/mol. The molecule has 0 atom stereocenters. The molecule has 0 unspecified atom stereocenters. The average Bonchev–Trinajstić information content (AvgIpc) is 0.783. The van der Waals surface area contributed by atoms with Crippen LogP contribution in [-0.4, -0.2) is 44.9 Å². The molecule has 0 aliphatic carbocycles. The van der Waals surface area contributed by atoms with E-state index in [4.69, 9.17) is 39.6 Å².